The third-order valence-corrected chi connectivity index (χ3v) is 4.47. The Morgan fingerprint density at radius 2 is 1.40 bits per heavy atom. The average molecular weight is 365 g/mol. The third kappa shape index (κ3) is 4.10. The quantitative estimate of drug-likeness (QED) is 0.897. The lowest BCUT2D eigenvalue weighted by Crippen LogP contribution is -2.25. The van der Waals surface area contributed by atoms with Gasteiger partial charge in [0.15, 0.2) is 0 Å². The highest BCUT2D eigenvalue weighted by Crippen LogP contribution is 2.24. The predicted octanol–water partition coefficient (Wildman–Crippen LogP) is 3.38. The fraction of sp³-hybridized carbons (Fsp3) is 0.471. The fourth-order valence-electron chi connectivity index (χ4n) is 3.22. The summed E-state index contributed by atoms with van der Waals surface area (Å²) in [6.45, 7) is 3.90. The molecule has 6 nitrogen and oxygen atoms in total. The van der Waals surface area contributed by atoms with Crippen LogP contribution in [0.1, 0.15) is 25.7 Å². The molecule has 0 amide bonds. The smallest absolute Gasteiger partial charge is 0.233 e. The van der Waals surface area contributed by atoms with Crippen LogP contribution in [0.2, 0.25) is 0 Å². The van der Waals surface area contributed by atoms with Crippen LogP contribution in [0.3, 0.4) is 0 Å². The van der Waals surface area contributed by atoms with Crippen molar-refractivity contribution in [2.45, 2.75) is 25.7 Å². The van der Waals surface area contributed by atoms with Crippen LogP contribution in [0.25, 0.3) is 0 Å². The second-order valence-electron chi connectivity index (χ2n) is 6.28. The SMILES string of the molecule is Cl.Fc1cccc(Nc2nc(N3CCCC3)nc(N3CCCC3)n2)c1. The van der Waals surface area contributed by atoms with Crippen molar-refractivity contribution in [2.24, 2.45) is 0 Å². The van der Waals surface area contributed by atoms with Crippen LogP contribution in [0.5, 0.6) is 0 Å². The van der Waals surface area contributed by atoms with E-state index in [1.54, 1.807) is 12.1 Å². The van der Waals surface area contributed by atoms with Crippen LogP contribution in [-0.2, 0) is 0 Å². The van der Waals surface area contributed by atoms with Crippen molar-refractivity contribution < 1.29 is 4.39 Å². The zero-order valence-electron chi connectivity index (χ0n) is 14.0. The second kappa shape index (κ2) is 7.82. The molecule has 4 rings (SSSR count). The number of benzene rings is 1. The number of rotatable bonds is 4. The highest BCUT2D eigenvalue weighted by atomic mass is 35.5. The van der Waals surface area contributed by atoms with Crippen LogP contribution < -0.4 is 15.1 Å². The van der Waals surface area contributed by atoms with Crippen LogP contribution in [0.4, 0.5) is 27.9 Å². The molecular weight excluding hydrogens is 343 g/mol. The third-order valence-electron chi connectivity index (χ3n) is 4.47. The number of anilines is 4. The normalized spacial score (nSPS) is 16.8. The lowest BCUT2D eigenvalue weighted by Gasteiger charge is -2.20. The summed E-state index contributed by atoms with van der Waals surface area (Å²) < 4.78 is 13.4. The molecule has 2 saturated heterocycles. The molecule has 2 aliphatic rings. The van der Waals surface area contributed by atoms with Crippen LogP contribution in [-0.4, -0.2) is 41.1 Å². The van der Waals surface area contributed by atoms with Crippen molar-refractivity contribution in [1.82, 2.24) is 15.0 Å². The molecule has 8 heteroatoms. The van der Waals surface area contributed by atoms with Crippen LogP contribution in [0, 0.1) is 5.82 Å². The van der Waals surface area contributed by atoms with Crippen LogP contribution >= 0.6 is 12.4 Å². The first-order valence-electron chi connectivity index (χ1n) is 8.56. The van der Waals surface area contributed by atoms with Gasteiger partial charge in [0.2, 0.25) is 17.8 Å². The summed E-state index contributed by atoms with van der Waals surface area (Å²) >= 11 is 0. The van der Waals surface area contributed by atoms with Gasteiger partial charge in [-0.3, -0.25) is 0 Å². The topological polar surface area (TPSA) is 57.2 Å². The van der Waals surface area contributed by atoms with Gasteiger partial charge in [0.05, 0.1) is 0 Å². The summed E-state index contributed by atoms with van der Waals surface area (Å²) in [4.78, 5) is 18.2. The predicted molar refractivity (Wildman–Crippen MR) is 99.7 cm³/mol. The van der Waals surface area contributed by atoms with Gasteiger partial charge in [-0.25, -0.2) is 4.39 Å². The first-order valence-corrected chi connectivity index (χ1v) is 8.56. The van der Waals surface area contributed by atoms with E-state index in [0.717, 1.165) is 51.9 Å². The summed E-state index contributed by atoms with van der Waals surface area (Å²) in [5, 5.41) is 3.12. The van der Waals surface area contributed by atoms with Gasteiger partial charge in [-0.05, 0) is 43.9 Å². The molecule has 1 aromatic heterocycles. The lowest BCUT2D eigenvalue weighted by molar-refractivity contribution is 0.628. The van der Waals surface area contributed by atoms with Gasteiger partial charge in [-0.1, -0.05) is 6.07 Å². The second-order valence-corrected chi connectivity index (χ2v) is 6.28. The molecule has 25 heavy (non-hydrogen) atoms. The standard InChI is InChI=1S/C17H21FN6.ClH/c18-13-6-5-7-14(12-13)19-15-20-16(23-8-1-2-9-23)22-17(21-15)24-10-3-4-11-24;/h5-7,12H,1-4,8-11H2,(H,19,20,21,22);1H. The van der Waals surface area contributed by atoms with Crippen molar-refractivity contribution in [3.8, 4) is 0 Å². The number of hydrogen-bond donors (Lipinski definition) is 1. The van der Waals surface area contributed by atoms with Crippen molar-refractivity contribution in [3.63, 3.8) is 0 Å². The molecule has 1 aromatic carbocycles. The van der Waals surface area contributed by atoms with E-state index in [1.807, 2.05) is 0 Å². The molecule has 0 bridgehead atoms. The van der Waals surface area contributed by atoms with E-state index >= 15 is 0 Å². The zero-order chi connectivity index (χ0) is 16.4. The molecule has 2 aliphatic heterocycles. The van der Waals surface area contributed by atoms with E-state index in [1.165, 1.54) is 12.1 Å². The van der Waals surface area contributed by atoms with E-state index in [0.29, 0.717) is 23.5 Å². The molecule has 0 atom stereocenters. The van der Waals surface area contributed by atoms with Crippen LogP contribution in [0.15, 0.2) is 24.3 Å². The van der Waals surface area contributed by atoms with Gasteiger partial charge >= 0.3 is 0 Å². The average Bonchev–Trinajstić information content (AvgIpc) is 3.29. The Balaban J connectivity index is 0.00000182. The summed E-state index contributed by atoms with van der Waals surface area (Å²) in [6, 6.07) is 6.33. The molecule has 0 unspecified atom stereocenters. The van der Waals surface area contributed by atoms with E-state index in [4.69, 9.17) is 0 Å². The van der Waals surface area contributed by atoms with Crippen molar-refractivity contribution >= 4 is 35.9 Å². The molecular formula is C17H22ClFN6. The van der Waals surface area contributed by atoms with E-state index in [2.05, 4.69) is 30.1 Å². The summed E-state index contributed by atoms with van der Waals surface area (Å²) in [5.41, 5.74) is 0.640. The maximum atomic E-state index is 13.4. The molecule has 134 valence electrons. The molecule has 2 fully saturated rings. The first kappa shape index (κ1) is 17.7. The maximum absolute atomic E-state index is 13.4. The van der Waals surface area contributed by atoms with E-state index in [9.17, 15) is 4.39 Å². The number of nitrogens with zero attached hydrogens (tertiary/aromatic N) is 5. The Bertz CT molecular complexity index is 682. The minimum atomic E-state index is -0.284. The largest absolute Gasteiger partial charge is 0.341 e. The Morgan fingerprint density at radius 1 is 0.840 bits per heavy atom. The van der Waals surface area contributed by atoms with Gasteiger partial charge in [0, 0.05) is 31.9 Å². The van der Waals surface area contributed by atoms with E-state index in [-0.39, 0.29) is 18.2 Å². The Labute approximate surface area is 152 Å². The summed E-state index contributed by atoms with van der Waals surface area (Å²) in [6.07, 6.45) is 4.66. The number of halogens is 2. The molecule has 2 aromatic rings. The Kier molecular flexibility index (Phi) is 5.53. The highest BCUT2D eigenvalue weighted by molar-refractivity contribution is 5.85. The van der Waals surface area contributed by atoms with Crippen molar-refractivity contribution in [2.75, 3.05) is 41.3 Å². The molecule has 1 N–H and O–H groups in total. The first-order chi connectivity index (χ1) is 11.8. The number of hydrogen-bond acceptors (Lipinski definition) is 6. The highest BCUT2D eigenvalue weighted by Gasteiger charge is 2.21. The van der Waals surface area contributed by atoms with Gasteiger partial charge in [-0.2, -0.15) is 15.0 Å². The maximum Gasteiger partial charge on any atom is 0.233 e. The van der Waals surface area contributed by atoms with Crippen molar-refractivity contribution in [1.29, 1.82) is 0 Å². The van der Waals surface area contributed by atoms with E-state index < -0.39 is 0 Å². The number of aromatic nitrogens is 3. The van der Waals surface area contributed by atoms with Gasteiger partial charge < -0.3 is 15.1 Å². The minimum absolute atomic E-state index is 0. The molecule has 0 spiro atoms. The molecule has 0 radical (unpaired) electrons. The molecule has 0 saturated carbocycles. The lowest BCUT2D eigenvalue weighted by atomic mass is 10.3. The fourth-order valence-corrected chi connectivity index (χ4v) is 3.22. The Morgan fingerprint density at radius 3 is 1.92 bits per heavy atom. The van der Waals surface area contributed by atoms with Crippen molar-refractivity contribution in [3.05, 3.63) is 30.1 Å². The Hall–Kier alpha value is -2.15. The number of nitrogens with one attached hydrogen (secondary N) is 1. The summed E-state index contributed by atoms with van der Waals surface area (Å²) in [7, 11) is 0. The monoisotopic (exact) mass is 364 g/mol. The molecule has 3 heterocycles. The molecule has 0 aliphatic carbocycles. The minimum Gasteiger partial charge on any atom is -0.341 e. The van der Waals surface area contributed by atoms with Gasteiger partial charge in [0.1, 0.15) is 5.82 Å². The van der Waals surface area contributed by atoms with Gasteiger partial charge in [0.25, 0.3) is 0 Å². The summed E-state index contributed by atoms with van der Waals surface area (Å²) in [5.74, 6) is 1.61. The van der Waals surface area contributed by atoms with Gasteiger partial charge in [-0.15, -0.1) is 12.4 Å². The zero-order valence-corrected chi connectivity index (χ0v) is 14.8.